The normalized spacial score (nSPS) is 24.5. The summed E-state index contributed by atoms with van der Waals surface area (Å²) >= 11 is 0. The average molecular weight is 543 g/mol. The third kappa shape index (κ3) is 4.64. The number of nitrogens with zero attached hydrogens (tertiary/aromatic N) is 3. The van der Waals surface area contributed by atoms with Crippen LogP contribution in [0.25, 0.3) is 0 Å². The summed E-state index contributed by atoms with van der Waals surface area (Å²) in [5.41, 5.74) is -1.50. The van der Waals surface area contributed by atoms with Gasteiger partial charge in [0, 0.05) is 17.8 Å². The number of ether oxygens (including phenoxy) is 1. The van der Waals surface area contributed by atoms with Crippen LogP contribution in [0.2, 0.25) is 0 Å². The predicted molar refractivity (Wildman–Crippen MR) is 129 cm³/mol. The molecule has 1 saturated heterocycles. The van der Waals surface area contributed by atoms with Crippen molar-refractivity contribution in [1.29, 1.82) is 0 Å². The Balaban J connectivity index is 1.70. The first-order valence-electron chi connectivity index (χ1n) is 11.1. The molecule has 2 aliphatic rings. The van der Waals surface area contributed by atoms with Gasteiger partial charge in [-0.05, 0) is 55.5 Å². The highest BCUT2D eigenvalue weighted by Gasteiger charge is 2.59. The van der Waals surface area contributed by atoms with E-state index in [0.29, 0.717) is 13.0 Å². The fraction of sp³-hybridized carbons (Fsp3) is 0.409. The van der Waals surface area contributed by atoms with Crippen LogP contribution in [-0.2, 0) is 15.7 Å². The molecule has 1 aromatic carbocycles. The quantitative estimate of drug-likeness (QED) is 0.364. The summed E-state index contributed by atoms with van der Waals surface area (Å²) in [4.78, 5) is 36.0. The molecule has 2 aliphatic heterocycles. The molecule has 0 radical (unpaired) electrons. The van der Waals surface area contributed by atoms with E-state index < -0.39 is 56.0 Å². The number of hydrogen-bond donors (Lipinski definition) is 5. The van der Waals surface area contributed by atoms with Crippen LogP contribution in [0.1, 0.15) is 43.2 Å². The van der Waals surface area contributed by atoms with E-state index in [1.807, 2.05) is 0 Å². The first kappa shape index (κ1) is 26.5. The SMILES string of the molecule is CC1(C)C(NC(=O)O)=N[C@](C)(c2cc(NC(=O)c3cnc(OC(F)F)cn3)ccc2F)[C@@H]2CCN[SH]21=O. The number of benzene rings is 1. The summed E-state index contributed by atoms with van der Waals surface area (Å²) in [7, 11) is -3.35. The van der Waals surface area contributed by atoms with Crippen LogP contribution in [0.3, 0.4) is 0 Å². The largest absolute Gasteiger partial charge is 0.465 e. The van der Waals surface area contributed by atoms with Gasteiger partial charge in [-0.2, -0.15) is 8.78 Å². The molecule has 0 spiro atoms. The Kier molecular flexibility index (Phi) is 6.71. The van der Waals surface area contributed by atoms with Gasteiger partial charge in [-0.25, -0.2) is 19.2 Å². The summed E-state index contributed by atoms with van der Waals surface area (Å²) in [6, 6.07) is 3.73. The summed E-state index contributed by atoms with van der Waals surface area (Å²) in [6.45, 7) is 2.10. The number of nitrogens with one attached hydrogen (secondary N) is 3. The minimum Gasteiger partial charge on any atom is -0.465 e. The molecule has 4 rings (SSSR count). The van der Waals surface area contributed by atoms with Crippen molar-refractivity contribution in [1.82, 2.24) is 20.0 Å². The molecule has 0 bridgehead atoms. The highest BCUT2D eigenvalue weighted by molar-refractivity contribution is 8.04. The highest BCUT2D eigenvalue weighted by Crippen LogP contribution is 2.49. The maximum Gasteiger partial charge on any atom is 0.410 e. The lowest BCUT2D eigenvalue weighted by Crippen LogP contribution is -2.65. The fourth-order valence-corrected chi connectivity index (χ4v) is 8.45. The Morgan fingerprint density at radius 2 is 1.95 bits per heavy atom. The van der Waals surface area contributed by atoms with Gasteiger partial charge in [-0.3, -0.25) is 24.0 Å². The second-order valence-electron chi connectivity index (χ2n) is 9.23. The zero-order chi connectivity index (χ0) is 27.2. The first-order chi connectivity index (χ1) is 17.3. The molecule has 11 nitrogen and oxygen atoms in total. The first-order valence-corrected chi connectivity index (χ1v) is 12.9. The number of carboxylic acid groups (broad SMARTS) is 1. The Hall–Kier alpha value is -3.59. The molecule has 0 aliphatic carbocycles. The van der Waals surface area contributed by atoms with Crippen molar-refractivity contribution in [3.63, 3.8) is 0 Å². The highest BCUT2D eigenvalue weighted by atomic mass is 32.3. The zero-order valence-corrected chi connectivity index (χ0v) is 20.9. The number of rotatable bonds is 5. The summed E-state index contributed by atoms with van der Waals surface area (Å²) in [6.07, 6.45) is 0.806. The van der Waals surface area contributed by atoms with Crippen molar-refractivity contribution < 1.29 is 36.8 Å². The average Bonchev–Trinajstić information content (AvgIpc) is 3.23. The zero-order valence-electron chi connectivity index (χ0n) is 20.0. The van der Waals surface area contributed by atoms with Gasteiger partial charge in [-0.15, -0.1) is 0 Å². The van der Waals surface area contributed by atoms with Crippen LogP contribution in [0.15, 0.2) is 35.6 Å². The number of anilines is 1. The van der Waals surface area contributed by atoms with Crippen LogP contribution >= 0.6 is 0 Å². The molecule has 0 saturated carbocycles. The van der Waals surface area contributed by atoms with Gasteiger partial charge in [0.15, 0.2) is 0 Å². The molecule has 200 valence electrons. The molecule has 4 N–H and O–H groups in total. The van der Waals surface area contributed by atoms with Gasteiger partial charge in [0.2, 0.25) is 5.88 Å². The number of carbonyl (C=O) groups is 2. The van der Waals surface area contributed by atoms with Crippen molar-refractivity contribution in [3.05, 3.63) is 47.7 Å². The number of hydrogen-bond acceptors (Lipinski definition) is 7. The number of aliphatic imine (C=N–C) groups is 1. The van der Waals surface area contributed by atoms with E-state index in [4.69, 9.17) is 0 Å². The number of aromatic nitrogens is 2. The Bertz CT molecular complexity index is 1320. The molecule has 2 amide bonds. The van der Waals surface area contributed by atoms with E-state index in [1.54, 1.807) is 20.8 Å². The minimum absolute atomic E-state index is 0.00572. The molecule has 0 unspecified atom stereocenters. The van der Waals surface area contributed by atoms with Crippen molar-refractivity contribution in [2.75, 3.05) is 11.9 Å². The maximum absolute atomic E-state index is 15.2. The lowest BCUT2D eigenvalue weighted by molar-refractivity contribution is -0.0531. The monoisotopic (exact) mass is 542 g/mol. The molecule has 1 fully saturated rings. The number of amides is 2. The molecule has 37 heavy (non-hydrogen) atoms. The Morgan fingerprint density at radius 1 is 1.22 bits per heavy atom. The van der Waals surface area contributed by atoms with E-state index in [2.05, 4.69) is 35.1 Å². The van der Waals surface area contributed by atoms with E-state index in [1.165, 1.54) is 12.1 Å². The fourth-order valence-electron chi connectivity index (χ4n) is 4.78. The molecule has 3 heterocycles. The van der Waals surface area contributed by atoms with Crippen molar-refractivity contribution >= 4 is 33.6 Å². The van der Waals surface area contributed by atoms with Crippen molar-refractivity contribution in [2.45, 2.75) is 49.3 Å². The Labute approximate surface area is 210 Å². The lowest BCUT2D eigenvalue weighted by atomic mass is 9.85. The number of halogens is 3. The Morgan fingerprint density at radius 3 is 2.57 bits per heavy atom. The van der Waals surface area contributed by atoms with Crippen LogP contribution in [0, 0.1) is 5.82 Å². The minimum atomic E-state index is -3.35. The lowest BCUT2D eigenvalue weighted by Gasteiger charge is -2.51. The van der Waals surface area contributed by atoms with Gasteiger partial charge in [-0.1, -0.05) is 0 Å². The smallest absolute Gasteiger partial charge is 0.410 e. The number of fused-ring (bicyclic) bond motifs is 1. The van der Waals surface area contributed by atoms with Gasteiger partial charge in [0.05, 0.1) is 22.4 Å². The molecule has 15 heteroatoms. The van der Waals surface area contributed by atoms with E-state index in [0.717, 1.165) is 18.5 Å². The van der Waals surface area contributed by atoms with Crippen LogP contribution in [0.5, 0.6) is 5.88 Å². The van der Waals surface area contributed by atoms with Crippen molar-refractivity contribution in [3.8, 4) is 5.88 Å². The van der Waals surface area contributed by atoms with Gasteiger partial charge in [0.1, 0.15) is 22.9 Å². The van der Waals surface area contributed by atoms with Gasteiger partial charge in [0.25, 0.3) is 5.91 Å². The number of amidine groups is 1. The van der Waals surface area contributed by atoms with Crippen LogP contribution < -0.4 is 20.1 Å². The molecule has 1 aromatic heterocycles. The van der Waals surface area contributed by atoms with Crippen molar-refractivity contribution in [2.24, 2.45) is 4.99 Å². The molecule has 2 aromatic rings. The standard InChI is InChI=1S/C22H25F3N6O5S/c1-21(2)18(30-20(33)34)31-22(3,15-6-7-28-37(15,21)35)12-8-11(4-5-13(12)23)29-17(32)14-9-27-16(10-26-14)36-19(24)25/h4-5,8-10,15,19,37H,6-7H2,1-3H3,(H,28,35)(H,29,32)(H,30,31)(H,33,34)/t15-,22+/m0/s1. The van der Waals surface area contributed by atoms with E-state index >= 15 is 4.39 Å². The predicted octanol–water partition coefficient (Wildman–Crippen LogP) is 2.44. The third-order valence-electron chi connectivity index (χ3n) is 6.67. The van der Waals surface area contributed by atoms with E-state index in [9.17, 15) is 27.7 Å². The maximum atomic E-state index is 15.2. The van der Waals surface area contributed by atoms with Crippen LogP contribution in [-0.4, -0.2) is 60.3 Å². The summed E-state index contributed by atoms with van der Waals surface area (Å²) in [5.74, 6) is -1.98. The number of carbonyl (C=O) groups excluding carboxylic acids is 1. The molecular formula is C22H25F3N6O5S. The number of thiol groups is 1. The molecule has 2 atom stereocenters. The third-order valence-corrected chi connectivity index (χ3v) is 10.9. The second-order valence-corrected chi connectivity index (χ2v) is 12.6. The van der Waals surface area contributed by atoms with Crippen LogP contribution in [0.4, 0.5) is 23.7 Å². The van der Waals surface area contributed by atoms with Gasteiger partial charge < -0.3 is 15.2 Å². The summed E-state index contributed by atoms with van der Waals surface area (Å²) < 4.78 is 60.0. The van der Waals surface area contributed by atoms with E-state index in [-0.39, 0.29) is 22.8 Å². The number of alkyl halides is 2. The topological polar surface area (TPSA) is 155 Å². The summed E-state index contributed by atoms with van der Waals surface area (Å²) in [5, 5.41) is 13.5. The van der Waals surface area contributed by atoms with Gasteiger partial charge >= 0.3 is 12.7 Å². The second kappa shape index (κ2) is 9.37. The molecular weight excluding hydrogens is 517 g/mol.